The lowest BCUT2D eigenvalue weighted by molar-refractivity contribution is -0.155. The lowest BCUT2D eigenvalue weighted by Crippen LogP contribution is -2.43. The molecule has 0 aromatic rings. The maximum absolute atomic E-state index is 12.4. The van der Waals surface area contributed by atoms with Crippen molar-refractivity contribution >= 4 is 35.4 Å². The van der Waals surface area contributed by atoms with Crippen LogP contribution in [0.1, 0.15) is 137 Å². The number of nitrogens with one attached hydrogen (secondary N) is 3. The molecule has 0 bridgehead atoms. The van der Waals surface area contributed by atoms with E-state index in [2.05, 4.69) is 20.7 Å². The third-order valence-electron chi connectivity index (χ3n) is 8.23. The van der Waals surface area contributed by atoms with Gasteiger partial charge in [-0.15, -0.1) is 0 Å². The molecule has 15 heteroatoms. The number of unbranched alkanes of at least 4 members (excludes halogenated alkanes) is 13. The van der Waals surface area contributed by atoms with Gasteiger partial charge in [-0.2, -0.15) is 0 Å². The van der Waals surface area contributed by atoms with Crippen molar-refractivity contribution in [1.82, 2.24) is 16.0 Å². The fourth-order valence-corrected chi connectivity index (χ4v) is 5.28. The van der Waals surface area contributed by atoms with Crippen molar-refractivity contribution in [2.75, 3.05) is 73.1 Å². The Morgan fingerprint density at radius 1 is 0.509 bits per heavy atom. The molecule has 55 heavy (non-hydrogen) atoms. The highest BCUT2D eigenvalue weighted by molar-refractivity contribution is 5.91. The number of esters is 2. The van der Waals surface area contributed by atoms with Crippen LogP contribution in [0.25, 0.3) is 0 Å². The molecule has 320 valence electrons. The molecule has 0 unspecified atom stereocenters. The highest BCUT2D eigenvalue weighted by Gasteiger charge is 2.20. The summed E-state index contributed by atoms with van der Waals surface area (Å²) in [6, 6.07) is -0.865. The third kappa shape index (κ3) is 37.6. The van der Waals surface area contributed by atoms with Crippen molar-refractivity contribution in [1.29, 1.82) is 0 Å². The van der Waals surface area contributed by atoms with Crippen LogP contribution in [0, 0.1) is 0 Å². The first kappa shape index (κ1) is 51.9. The quantitative estimate of drug-likeness (QED) is 0.0591. The number of methoxy groups -OCH3 is 1. The fraction of sp³-hybridized carbons (Fsp3) is 0.850. The molecule has 0 aliphatic carbocycles. The number of carbonyl (C=O) groups excluding carboxylic acids is 6. The Kier molecular flexibility index (Phi) is 33.3. The van der Waals surface area contributed by atoms with Gasteiger partial charge in [-0.3, -0.25) is 24.0 Å². The third-order valence-corrected chi connectivity index (χ3v) is 8.23. The van der Waals surface area contributed by atoms with E-state index in [1.807, 2.05) is 20.8 Å². The summed E-state index contributed by atoms with van der Waals surface area (Å²) in [6.45, 7) is 8.76. The van der Waals surface area contributed by atoms with Gasteiger partial charge in [0.15, 0.2) is 5.78 Å². The monoisotopic (exact) mass is 788 g/mol. The molecule has 0 aliphatic heterocycles. The van der Waals surface area contributed by atoms with Crippen LogP contribution in [0.2, 0.25) is 0 Å². The van der Waals surface area contributed by atoms with Gasteiger partial charge in [0.05, 0.1) is 59.2 Å². The van der Waals surface area contributed by atoms with Gasteiger partial charge in [-0.05, 0) is 40.5 Å². The van der Waals surface area contributed by atoms with Crippen LogP contribution in [-0.4, -0.2) is 120 Å². The summed E-state index contributed by atoms with van der Waals surface area (Å²) in [6.07, 6.45) is 16.5. The molecule has 0 rings (SSSR count). The Morgan fingerprint density at radius 3 is 1.42 bits per heavy atom. The topological polar surface area (TPSA) is 194 Å². The van der Waals surface area contributed by atoms with Crippen LogP contribution in [0.3, 0.4) is 0 Å². The lowest BCUT2D eigenvalue weighted by Gasteiger charge is -2.19. The number of ketones is 1. The molecule has 0 radical (unpaired) electrons. The minimum Gasteiger partial charge on any atom is -0.467 e. The molecule has 3 N–H and O–H groups in total. The van der Waals surface area contributed by atoms with E-state index in [1.165, 1.54) is 65.4 Å². The minimum atomic E-state index is -0.865. The molecule has 15 nitrogen and oxygen atoms in total. The number of rotatable bonds is 37. The Balaban J connectivity index is 3.68. The van der Waals surface area contributed by atoms with Gasteiger partial charge in [-0.25, -0.2) is 4.79 Å². The maximum atomic E-state index is 12.4. The molecule has 0 heterocycles. The molecule has 0 saturated carbocycles. The van der Waals surface area contributed by atoms with E-state index in [4.69, 9.17) is 23.7 Å². The summed E-state index contributed by atoms with van der Waals surface area (Å²) >= 11 is 0. The first-order chi connectivity index (χ1) is 26.3. The van der Waals surface area contributed by atoms with Crippen molar-refractivity contribution in [2.24, 2.45) is 0 Å². The highest BCUT2D eigenvalue weighted by Crippen LogP contribution is 2.15. The van der Waals surface area contributed by atoms with Crippen LogP contribution >= 0.6 is 0 Å². The summed E-state index contributed by atoms with van der Waals surface area (Å²) in [5, 5.41) is 8.03. The Labute approximate surface area is 329 Å². The van der Waals surface area contributed by atoms with E-state index in [9.17, 15) is 28.8 Å². The smallest absolute Gasteiger partial charge is 0.331 e. The van der Waals surface area contributed by atoms with E-state index < -0.39 is 17.6 Å². The number of carbonyl (C=O) groups is 6. The molecule has 1 atom stereocenters. The van der Waals surface area contributed by atoms with Gasteiger partial charge < -0.3 is 44.4 Å². The molecule has 3 amide bonds. The van der Waals surface area contributed by atoms with Crippen LogP contribution in [0.15, 0.2) is 0 Å². The average Bonchev–Trinajstić information content (AvgIpc) is 3.12. The van der Waals surface area contributed by atoms with Crippen molar-refractivity contribution < 1.29 is 57.2 Å². The number of hydrogen-bond donors (Lipinski definition) is 3. The molecule has 0 aromatic heterocycles. The van der Waals surface area contributed by atoms with E-state index in [0.29, 0.717) is 19.4 Å². The van der Waals surface area contributed by atoms with Crippen molar-refractivity contribution in [3.8, 4) is 0 Å². The summed E-state index contributed by atoms with van der Waals surface area (Å²) in [5.74, 6) is -1.71. The molecule has 0 aliphatic rings. The fourth-order valence-electron chi connectivity index (χ4n) is 5.28. The van der Waals surface area contributed by atoms with Gasteiger partial charge >= 0.3 is 11.9 Å². The van der Waals surface area contributed by atoms with Crippen molar-refractivity contribution in [3.63, 3.8) is 0 Å². The standard InChI is InChI=1S/C40H73N3O12/c1-33(44)34(30-36(46)41-22-24-51-26-28-53-31-37(47)42-23-25-52-27-29-54-32-39(49)50-5)43-35(45)20-18-16-14-12-10-8-6-7-9-11-13-15-17-19-21-38(48)55-40(2,3)4/h34H,6-32H2,1-5H3,(H,41,46)(H,42,47)(H,43,45)/t34-/m0/s1. The lowest BCUT2D eigenvalue weighted by atomic mass is 10.0. The average molecular weight is 788 g/mol. The predicted octanol–water partition coefficient (Wildman–Crippen LogP) is 4.51. The summed E-state index contributed by atoms with van der Waals surface area (Å²) in [4.78, 5) is 71.2. The molecule has 0 aromatic carbocycles. The Bertz CT molecular complexity index is 1050. The van der Waals surface area contributed by atoms with Crippen LogP contribution < -0.4 is 16.0 Å². The Morgan fingerprint density at radius 2 is 0.945 bits per heavy atom. The molecule has 0 saturated heterocycles. The number of ether oxygens (including phenoxy) is 6. The number of amides is 3. The Hall–Kier alpha value is -3.14. The van der Waals surface area contributed by atoms with Crippen LogP contribution in [0.4, 0.5) is 0 Å². The first-order valence-corrected chi connectivity index (χ1v) is 20.3. The van der Waals surface area contributed by atoms with Crippen LogP contribution in [-0.2, 0) is 57.2 Å². The molecular weight excluding hydrogens is 714 g/mol. The summed E-state index contributed by atoms with van der Waals surface area (Å²) < 4.78 is 30.8. The second-order valence-electron chi connectivity index (χ2n) is 14.6. The summed E-state index contributed by atoms with van der Waals surface area (Å²) in [5.41, 5.74) is -0.402. The number of Topliss-reactive ketones (excluding diaryl/α,β-unsaturated/α-hetero) is 1. The van der Waals surface area contributed by atoms with E-state index in [-0.39, 0.29) is 95.3 Å². The second-order valence-corrected chi connectivity index (χ2v) is 14.6. The second kappa shape index (κ2) is 35.3. The van der Waals surface area contributed by atoms with Gasteiger partial charge in [0.25, 0.3) is 0 Å². The van der Waals surface area contributed by atoms with Gasteiger partial charge in [0, 0.05) is 25.9 Å². The maximum Gasteiger partial charge on any atom is 0.331 e. The first-order valence-electron chi connectivity index (χ1n) is 20.3. The molecular formula is C40H73N3O12. The van der Waals surface area contributed by atoms with Crippen molar-refractivity contribution in [2.45, 2.75) is 148 Å². The normalized spacial score (nSPS) is 11.8. The molecule has 0 fully saturated rings. The minimum absolute atomic E-state index is 0.0988. The van der Waals surface area contributed by atoms with E-state index >= 15 is 0 Å². The largest absolute Gasteiger partial charge is 0.467 e. The SMILES string of the molecule is COC(=O)COCCOCCNC(=O)COCCOCCNC(=O)C[C@H](NC(=O)CCCCCCCCCCCCCCCCC(=O)OC(C)(C)C)C(C)=O. The van der Waals surface area contributed by atoms with Gasteiger partial charge in [-0.1, -0.05) is 77.0 Å². The summed E-state index contributed by atoms with van der Waals surface area (Å²) in [7, 11) is 1.28. The molecule has 0 spiro atoms. The highest BCUT2D eigenvalue weighted by atomic mass is 16.6. The van der Waals surface area contributed by atoms with Crippen LogP contribution in [0.5, 0.6) is 0 Å². The zero-order chi connectivity index (χ0) is 41.0. The number of hydrogen-bond acceptors (Lipinski definition) is 12. The van der Waals surface area contributed by atoms with Gasteiger partial charge in [0.2, 0.25) is 17.7 Å². The van der Waals surface area contributed by atoms with E-state index in [0.717, 1.165) is 38.5 Å². The predicted molar refractivity (Wildman–Crippen MR) is 208 cm³/mol. The van der Waals surface area contributed by atoms with E-state index in [1.54, 1.807) is 0 Å². The zero-order valence-corrected chi connectivity index (χ0v) is 34.6. The zero-order valence-electron chi connectivity index (χ0n) is 34.6. The van der Waals surface area contributed by atoms with Crippen molar-refractivity contribution in [3.05, 3.63) is 0 Å². The van der Waals surface area contributed by atoms with Gasteiger partial charge in [0.1, 0.15) is 18.8 Å².